The molecule has 0 saturated carbocycles. The molecule has 6 heteroatoms. The molecule has 1 aromatic heterocycles. The van der Waals surface area contributed by atoms with E-state index in [0.717, 1.165) is 11.3 Å². The molecular weight excluding hydrogens is 268 g/mol. The second-order valence-electron chi connectivity index (χ2n) is 4.98. The molecule has 0 amide bonds. The van der Waals surface area contributed by atoms with Crippen molar-refractivity contribution in [2.24, 2.45) is 0 Å². The second-order valence-corrected chi connectivity index (χ2v) is 4.98. The van der Waals surface area contributed by atoms with Crippen molar-refractivity contribution in [2.75, 3.05) is 17.7 Å². The SMILES string of the molecule is CNc1ccc([N+](=O)[O-])c(Nc2cccc(C(C)C)c2)n1. The molecule has 2 N–H and O–H groups in total. The molecule has 6 nitrogen and oxygen atoms in total. The first-order valence-electron chi connectivity index (χ1n) is 6.71. The number of hydrogen-bond donors (Lipinski definition) is 2. The summed E-state index contributed by atoms with van der Waals surface area (Å²) in [6.45, 7) is 4.20. The molecule has 0 aliphatic rings. The number of pyridine rings is 1. The molecule has 0 atom stereocenters. The number of benzene rings is 1. The maximum absolute atomic E-state index is 11.1. The molecule has 0 fully saturated rings. The van der Waals surface area contributed by atoms with E-state index in [1.54, 1.807) is 13.1 Å². The summed E-state index contributed by atoms with van der Waals surface area (Å²) in [4.78, 5) is 14.9. The molecule has 1 aromatic carbocycles. The Labute approximate surface area is 123 Å². The van der Waals surface area contributed by atoms with E-state index in [1.807, 2.05) is 24.3 Å². The zero-order valence-corrected chi connectivity index (χ0v) is 12.3. The predicted molar refractivity (Wildman–Crippen MR) is 84.3 cm³/mol. The van der Waals surface area contributed by atoms with Gasteiger partial charge < -0.3 is 10.6 Å². The van der Waals surface area contributed by atoms with Gasteiger partial charge in [-0.15, -0.1) is 0 Å². The van der Waals surface area contributed by atoms with Crippen molar-refractivity contribution in [1.29, 1.82) is 0 Å². The number of rotatable bonds is 5. The lowest BCUT2D eigenvalue weighted by Crippen LogP contribution is -2.02. The van der Waals surface area contributed by atoms with Crippen LogP contribution in [-0.4, -0.2) is 17.0 Å². The Kier molecular flexibility index (Phi) is 4.37. The molecule has 0 spiro atoms. The lowest BCUT2D eigenvalue weighted by Gasteiger charge is -2.11. The number of anilines is 3. The van der Waals surface area contributed by atoms with Crippen molar-refractivity contribution in [3.05, 3.63) is 52.1 Å². The molecule has 0 radical (unpaired) electrons. The maximum atomic E-state index is 11.1. The zero-order chi connectivity index (χ0) is 15.4. The van der Waals surface area contributed by atoms with E-state index in [1.165, 1.54) is 6.07 Å². The van der Waals surface area contributed by atoms with Crippen LogP contribution < -0.4 is 10.6 Å². The lowest BCUT2D eigenvalue weighted by atomic mass is 10.0. The summed E-state index contributed by atoms with van der Waals surface area (Å²) in [6.07, 6.45) is 0. The molecule has 0 saturated heterocycles. The van der Waals surface area contributed by atoms with Gasteiger partial charge in [0.2, 0.25) is 5.82 Å². The largest absolute Gasteiger partial charge is 0.373 e. The van der Waals surface area contributed by atoms with Crippen LogP contribution in [0.25, 0.3) is 0 Å². The molecule has 1 heterocycles. The molecule has 2 rings (SSSR count). The summed E-state index contributed by atoms with van der Waals surface area (Å²) in [6, 6.07) is 10.8. The van der Waals surface area contributed by atoms with Gasteiger partial charge in [0.25, 0.3) is 0 Å². The highest BCUT2D eigenvalue weighted by atomic mass is 16.6. The third-order valence-corrected chi connectivity index (χ3v) is 3.14. The standard InChI is InChI=1S/C15H18N4O2/c1-10(2)11-5-4-6-12(9-11)17-15-13(19(20)21)7-8-14(16-3)18-15/h4-10H,1-3H3,(H2,16,17,18). The Hall–Kier alpha value is -2.63. The van der Waals surface area contributed by atoms with E-state index in [-0.39, 0.29) is 11.5 Å². The molecule has 110 valence electrons. The number of nitro groups is 1. The molecule has 0 aliphatic heterocycles. The van der Waals surface area contributed by atoms with Gasteiger partial charge in [-0.05, 0) is 29.7 Å². The Morgan fingerprint density at radius 2 is 2.00 bits per heavy atom. The van der Waals surface area contributed by atoms with Crippen molar-refractivity contribution in [3.8, 4) is 0 Å². The first kappa shape index (κ1) is 14.8. The van der Waals surface area contributed by atoms with Gasteiger partial charge in [0.1, 0.15) is 5.82 Å². The second kappa shape index (κ2) is 6.21. The van der Waals surface area contributed by atoms with Gasteiger partial charge in [-0.2, -0.15) is 0 Å². The first-order chi connectivity index (χ1) is 10.0. The molecule has 21 heavy (non-hydrogen) atoms. The zero-order valence-electron chi connectivity index (χ0n) is 12.3. The monoisotopic (exact) mass is 286 g/mol. The average molecular weight is 286 g/mol. The van der Waals surface area contributed by atoms with Crippen molar-refractivity contribution >= 4 is 23.0 Å². The topological polar surface area (TPSA) is 80.1 Å². The first-order valence-corrected chi connectivity index (χ1v) is 6.71. The van der Waals surface area contributed by atoms with E-state index >= 15 is 0 Å². The van der Waals surface area contributed by atoms with Gasteiger partial charge in [0, 0.05) is 18.8 Å². The molecule has 2 aromatic rings. The van der Waals surface area contributed by atoms with Crippen LogP contribution in [0.4, 0.5) is 23.0 Å². The summed E-state index contributed by atoms with van der Waals surface area (Å²) in [7, 11) is 1.72. The Bertz CT molecular complexity index is 656. The van der Waals surface area contributed by atoms with Gasteiger partial charge in [-0.1, -0.05) is 26.0 Å². The van der Waals surface area contributed by atoms with E-state index in [9.17, 15) is 10.1 Å². The predicted octanol–water partition coefficient (Wildman–Crippen LogP) is 3.90. The van der Waals surface area contributed by atoms with Crippen molar-refractivity contribution in [1.82, 2.24) is 4.98 Å². The normalized spacial score (nSPS) is 10.5. The van der Waals surface area contributed by atoms with Crippen LogP contribution in [0.15, 0.2) is 36.4 Å². The minimum absolute atomic E-state index is 0.0519. The highest BCUT2D eigenvalue weighted by molar-refractivity contribution is 5.68. The minimum atomic E-state index is -0.443. The van der Waals surface area contributed by atoms with Gasteiger partial charge in [0.05, 0.1) is 4.92 Å². The van der Waals surface area contributed by atoms with Gasteiger partial charge in [0.15, 0.2) is 0 Å². The Balaban J connectivity index is 2.38. The van der Waals surface area contributed by atoms with Crippen LogP contribution in [0.2, 0.25) is 0 Å². The highest BCUT2D eigenvalue weighted by Gasteiger charge is 2.16. The van der Waals surface area contributed by atoms with Crippen LogP contribution in [0.1, 0.15) is 25.3 Å². The van der Waals surface area contributed by atoms with E-state index in [2.05, 4.69) is 29.5 Å². The van der Waals surface area contributed by atoms with Gasteiger partial charge in [-0.3, -0.25) is 10.1 Å². The number of nitrogens with zero attached hydrogens (tertiary/aromatic N) is 2. The third kappa shape index (κ3) is 3.47. The van der Waals surface area contributed by atoms with Crippen LogP contribution >= 0.6 is 0 Å². The van der Waals surface area contributed by atoms with Crippen LogP contribution in [-0.2, 0) is 0 Å². The fourth-order valence-corrected chi connectivity index (χ4v) is 1.94. The Morgan fingerprint density at radius 3 is 2.62 bits per heavy atom. The fourth-order valence-electron chi connectivity index (χ4n) is 1.94. The van der Waals surface area contributed by atoms with Crippen molar-refractivity contribution in [2.45, 2.75) is 19.8 Å². The summed E-state index contributed by atoms with van der Waals surface area (Å²) >= 11 is 0. The Morgan fingerprint density at radius 1 is 1.24 bits per heavy atom. The third-order valence-electron chi connectivity index (χ3n) is 3.14. The average Bonchev–Trinajstić information content (AvgIpc) is 2.47. The smallest absolute Gasteiger partial charge is 0.311 e. The van der Waals surface area contributed by atoms with E-state index < -0.39 is 4.92 Å². The van der Waals surface area contributed by atoms with Gasteiger partial charge >= 0.3 is 5.69 Å². The summed E-state index contributed by atoms with van der Waals surface area (Å²) in [5.41, 5.74) is 1.89. The summed E-state index contributed by atoms with van der Waals surface area (Å²) < 4.78 is 0. The van der Waals surface area contributed by atoms with E-state index in [4.69, 9.17) is 0 Å². The van der Waals surface area contributed by atoms with Crippen LogP contribution in [0, 0.1) is 10.1 Å². The maximum Gasteiger partial charge on any atom is 0.311 e. The molecule has 0 bridgehead atoms. The van der Waals surface area contributed by atoms with Crippen molar-refractivity contribution in [3.63, 3.8) is 0 Å². The highest BCUT2D eigenvalue weighted by Crippen LogP contribution is 2.28. The van der Waals surface area contributed by atoms with Crippen LogP contribution in [0.5, 0.6) is 0 Å². The lowest BCUT2D eigenvalue weighted by molar-refractivity contribution is -0.384. The fraction of sp³-hybridized carbons (Fsp3) is 0.267. The number of nitrogens with one attached hydrogen (secondary N) is 2. The molecule has 0 unspecified atom stereocenters. The summed E-state index contributed by atoms with van der Waals surface area (Å²) in [5.74, 6) is 1.19. The molecule has 0 aliphatic carbocycles. The quantitative estimate of drug-likeness (QED) is 0.643. The number of aromatic nitrogens is 1. The molecular formula is C15H18N4O2. The minimum Gasteiger partial charge on any atom is -0.373 e. The number of hydrogen-bond acceptors (Lipinski definition) is 5. The van der Waals surface area contributed by atoms with Crippen molar-refractivity contribution < 1.29 is 4.92 Å². The summed E-state index contributed by atoms with van der Waals surface area (Å²) in [5, 5.41) is 17.0. The van der Waals surface area contributed by atoms with Crippen LogP contribution in [0.3, 0.4) is 0 Å². The van der Waals surface area contributed by atoms with E-state index in [0.29, 0.717) is 11.7 Å². The van der Waals surface area contributed by atoms with Gasteiger partial charge in [-0.25, -0.2) is 4.98 Å².